The van der Waals surface area contributed by atoms with Gasteiger partial charge in [-0.3, -0.25) is 0 Å². The number of benzene rings is 2. The van der Waals surface area contributed by atoms with E-state index in [1.807, 2.05) is 36.4 Å². The van der Waals surface area contributed by atoms with Crippen LogP contribution in [0, 0.1) is 0 Å². The van der Waals surface area contributed by atoms with Crippen molar-refractivity contribution in [3.05, 3.63) is 53.1 Å². The van der Waals surface area contributed by atoms with Crippen LogP contribution in [0.1, 0.15) is 18.0 Å². The summed E-state index contributed by atoms with van der Waals surface area (Å²) in [6, 6.07) is 14.2. The first-order valence-corrected chi connectivity index (χ1v) is 8.03. The molecule has 0 saturated carbocycles. The Morgan fingerprint density at radius 1 is 1.24 bits per heavy atom. The van der Waals surface area contributed by atoms with E-state index in [1.165, 1.54) is 5.56 Å². The Hall–Kier alpha value is -1.78. The summed E-state index contributed by atoms with van der Waals surface area (Å²) in [5, 5.41) is 5.20. The summed E-state index contributed by atoms with van der Waals surface area (Å²) < 4.78 is 6.79. The normalized spacial score (nSPS) is 17.3. The van der Waals surface area contributed by atoms with Crippen molar-refractivity contribution in [3.8, 4) is 5.75 Å². The smallest absolute Gasteiger partial charge is 0.184 e. The molecule has 0 bridgehead atoms. The highest BCUT2D eigenvalue weighted by Gasteiger charge is 2.21. The van der Waals surface area contributed by atoms with Crippen molar-refractivity contribution in [3.63, 3.8) is 0 Å². The molecule has 1 aromatic heterocycles. The second-order valence-electron chi connectivity index (χ2n) is 5.00. The molecule has 3 aromatic rings. The van der Waals surface area contributed by atoms with Gasteiger partial charge in [-0.25, -0.2) is 4.98 Å². The molecule has 1 aliphatic rings. The van der Waals surface area contributed by atoms with E-state index in [-0.39, 0.29) is 6.04 Å². The van der Waals surface area contributed by atoms with Crippen LogP contribution in [0.3, 0.4) is 0 Å². The van der Waals surface area contributed by atoms with Gasteiger partial charge in [-0.2, -0.15) is 0 Å². The van der Waals surface area contributed by atoms with E-state index < -0.39 is 0 Å². The highest BCUT2D eigenvalue weighted by molar-refractivity contribution is 7.22. The highest BCUT2D eigenvalue weighted by atomic mass is 35.5. The Bertz CT molecular complexity index is 802. The lowest BCUT2D eigenvalue weighted by molar-refractivity contribution is 0.274. The number of halogens is 1. The predicted molar refractivity (Wildman–Crippen MR) is 87.5 cm³/mol. The van der Waals surface area contributed by atoms with Crippen LogP contribution in [0.15, 0.2) is 42.5 Å². The molecule has 0 aliphatic carbocycles. The van der Waals surface area contributed by atoms with Crippen LogP contribution in [0.4, 0.5) is 5.13 Å². The predicted octanol–water partition coefficient (Wildman–Crippen LogP) is 4.89. The summed E-state index contributed by atoms with van der Waals surface area (Å²) in [5.41, 5.74) is 2.17. The van der Waals surface area contributed by atoms with Crippen LogP contribution >= 0.6 is 22.9 Å². The number of rotatable bonds is 2. The summed E-state index contributed by atoms with van der Waals surface area (Å²) in [6.07, 6.45) is 0.938. The summed E-state index contributed by atoms with van der Waals surface area (Å²) in [4.78, 5) is 4.63. The minimum absolute atomic E-state index is 0.242. The molecule has 0 saturated heterocycles. The number of hydrogen-bond donors (Lipinski definition) is 1. The van der Waals surface area contributed by atoms with Crippen LogP contribution in [0.2, 0.25) is 5.02 Å². The van der Waals surface area contributed by atoms with Crippen molar-refractivity contribution in [2.45, 2.75) is 12.5 Å². The lowest BCUT2D eigenvalue weighted by Crippen LogP contribution is -2.20. The van der Waals surface area contributed by atoms with E-state index in [9.17, 15) is 0 Å². The maximum atomic E-state index is 6.03. The van der Waals surface area contributed by atoms with E-state index in [2.05, 4.69) is 16.4 Å². The molecule has 0 amide bonds. The topological polar surface area (TPSA) is 34.2 Å². The fourth-order valence-electron chi connectivity index (χ4n) is 2.60. The van der Waals surface area contributed by atoms with Crippen molar-refractivity contribution in [2.75, 3.05) is 11.9 Å². The number of aromatic nitrogens is 1. The van der Waals surface area contributed by atoms with Gasteiger partial charge in [-0.05, 0) is 24.3 Å². The number of fused-ring (bicyclic) bond motifs is 2. The Balaban J connectivity index is 1.66. The van der Waals surface area contributed by atoms with Gasteiger partial charge in [0.25, 0.3) is 0 Å². The van der Waals surface area contributed by atoms with Gasteiger partial charge >= 0.3 is 0 Å². The quantitative estimate of drug-likeness (QED) is 0.731. The lowest BCUT2D eigenvalue weighted by atomic mass is 10.0. The van der Waals surface area contributed by atoms with E-state index in [0.717, 1.165) is 39.1 Å². The van der Waals surface area contributed by atoms with Crippen LogP contribution in [0.5, 0.6) is 5.75 Å². The number of para-hydroxylation sites is 1. The van der Waals surface area contributed by atoms with Crippen molar-refractivity contribution in [2.24, 2.45) is 0 Å². The second kappa shape index (κ2) is 5.20. The molecule has 21 heavy (non-hydrogen) atoms. The Kier molecular flexibility index (Phi) is 3.20. The molecule has 2 aromatic carbocycles. The third kappa shape index (κ3) is 2.45. The first-order valence-electron chi connectivity index (χ1n) is 6.84. The zero-order valence-electron chi connectivity index (χ0n) is 11.2. The summed E-state index contributed by atoms with van der Waals surface area (Å²) >= 11 is 7.66. The molecule has 0 spiro atoms. The molecule has 1 aliphatic heterocycles. The fourth-order valence-corrected chi connectivity index (χ4v) is 3.80. The molecule has 1 N–H and O–H groups in total. The van der Waals surface area contributed by atoms with Gasteiger partial charge in [0.15, 0.2) is 5.13 Å². The van der Waals surface area contributed by atoms with Gasteiger partial charge < -0.3 is 10.1 Å². The number of ether oxygens (including phenoxy) is 1. The number of anilines is 1. The minimum atomic E-state index is 0.242. The van der Waals surface area contributed by atoms with Crippen molar-refractivity contribution in [1.29, 1.82) is 0 Å². The van der Waals surface area contributed by atoms with Crippen LogP contribution in [-0.4, -0.2) is 11.6 Å². The molecule has 0 radical (unpaired) electrons. The molecule has 1 atom stereocenters. The third-order valence-corrected chi connectivity index (χ3v) is 4.79. The zero-order valence-corrected chi connectivity index (χ0v) is 12.7. The van der Waals surface area contributed by atoms with Crippen molar-refractivity contribution >= 4 is 38.3 Å². The van der Waals surface area contributed by atoms with Crippen LogP contribution in [0.25, 0.3) is 10.2 Å². The van der Waals surface area contributed by atoms with E-state index in [4.69, 9.17) is 16.3 Å². The van der Waals surface area contributed by atoms with Crippen LogP contribution < -0.4 is 10.1 Å². The van der Waals surface area contributed by atoms with Crippen molar-refractivity contribution in [1.82, 2.24) is 4.98 Å². The van der Waals surface area contributed by atoms with Crippen LogP contribution in [-0.2, 0) is 0 Å². The molecule has 2 heterocycles. The first-order chi connectivity index (χ1) is 10.3. The maximum Gasteiger partial charge on any atom is 0.184 e. The second-order valence-corrected chi connectivity index (χ2v) is 6.47. The Morgan fingerprint density at radius 2 is 2.14 bits per heavy atom. The van der Waals surface area contributed by atoms with Crippen molar-refractivity contribution < 1.29 is 4.74 Å². The Labute approximate surface area is 131 Å². The highest BCUT2D eigenvalue weighted by Crippen LogP contribution is 2.36. The van der Waals surface area contributed by atoms with E-state index in [0.29, 0.717) is 0 Å². The summed E-state index contributed by atoms with van der Waals surface area (Å²) in [6.45, 7) is 0.728. The molecular weight excluding hydrogens is 304 g/mol. The summed E-state index contributed by atoms with van der Waals surface area (Å²) in [7, 11) is 0. The fraction of sp³-hybridized carbons (Fsp3) is 0.188. The summed E-state index contributed by atoms with van der Waals surface area (Å²) in [5.74, 6) is 0.963. The molecule has 0 fully saturated rings. The average molecular weight is 317 g/mol. The SMILES string of the molecule is Clc1ccc2nc(NC3CCOc4ccccc43)sc2c1. The number of thiazole rings is 1. The van der Waals surface area contributed by atoms with Gasteiger partial charge in [0.05, 0.1) is 22.9 Å². The zero-order chi connectivity index (χ0) is 14.2. The third-order valence-electron chi connectivity index (χ3n) is 3.61. The number of hydrogen-bond acceptors (Lipinski definition) is 4. The van der Waals surface area contributed by atoms with Gasteiger partial charge in [-0.1, -0.05) is 41.1 Å². The standard InChI is InChI=1S/C16H13ClN2OS/c17-10-5-6-13-15(9-10)21-16(19-13)18-12-7-8-20-14-4-2-1-3-11(12)14/h1-6,9,12H,7-8H2,(H,18,19). The van der Waals surface area contributed by atoms with Gasteiger partial charge in [0.2, 0.25) is 0 Å². The average Bonchev–Trinajstić information content (AvgIpc) is 2.89. The van der Waals surface area contributed by atoms with Gasteiger partial charge in [0, 0.05) is 17.0 Å². The van der Waals surface area contributed by atoms with E-state index >= 15 is 0 Å². The Morgan fingerprint density at radius 3 is 3.10 bits per heavy atom. The number of nitrogens with zero attached hydrogens (tertiary/aromatic N) is 1. The molecule has 5 heteroatoms. The molecular formula is C16H13ClN2OS. The maximum absolute atomic E-state index is 6.03. The first kappa shape index (κ1) is 12.9. The van der Waals surface area contributed by atoms with Gasteiger partial charge in [-0.15, -0.1) is 0 Å². The molecule has 3 nitrogen and oxygen atoms in total. The number of nitrogens with one attached hydrogen (secondary N) is 1. The van der Waals surface area contributed by atoms with E-state index in [1.54, 1.807) is 11.3 Å². The molecule has 106 valence electrons. The lowest BCUT2D eigenvalue weighted by Gasteiger charge is -2.26. The monoisotopic (exact) mass is 316 g/mol. The molecule has 1 unspecified atom stereocenters. The van der Waals surface area contributed by atoms with Gasteiger partial charge in [0.1, 0.15) is 5.75 Å². The minimum Gasteiger partial charge on any atom is -0.493 e. The largest absolute Gasteiger partial charge is 0.493 e. The molecule has 4 rings (SSSR count).